The molecule has 30 heavy (non-hydrogen) atoms. The van der Waals surface area contributed by atoms with E-state index in [4.69, 9.17) is 69.6 Å². The van der Waals surface area contributed by atoms with Crippen LogP contribution in [0.2, 0.25) is 12.1 Å². The summed E-state index contributed by atoms with van der Waals surface area (Å²) in [5.74, 6) is 0. The molecule has 0 amide bonds. The van der Waals surface area contributed by atoms with E-state index in [1.54, 1.807) is 0 Å². The lowest BCUT2D eigenvalue weighted by Gasteiger charge is -2.33. The molecule has 2 aromatic rings. The summed E-state index contributed by atoms with van der Waals surface area (Å²) in [4.78, 5) is 0. The van der Waals surface area contributed by atoms with Crippen LogP contribution in [0.25, 0.3) is 0 Å². The van der Waals surface area contributed by atoms with Gasteiger partial charge in [0.05, 0.1) is 39.1 Å². The molecule has 0 radical (unpaired) electrons. The summed E-state index contributed by atoms with van der Waals surface area (Å²) in [5.41, 5.74) is 0. The Kier molecular flexibility index (Phi) is 10.2. The standard InChI is InChI=1S/2C11H13Cl3Si/c2*12-9-6-7-15(11(14)10(9)13)8-4-2-1-3-5-8/h2*1-5,9-11,15H,6-7H2. The molecule has 0 nitrogen and oxygen atoms in total. The molecular weight excluding hydrogens is 533 g/mol. The highest BCUT2D eigenvalue weighted by atomic mass is 35.5. The van der Waals surface area contributed by atoms with Crippen molar-refractivity contribution in [2.75, 3.05) is 0 Å². The van der Waals surface area contributed by atoms with Gasteiger partial charge in [0.15, 0.2) is 0 Å². The Labute approximate surface area is 213 Å². The van der Waals surface area contributed by atoms with E-state index < -0.39 is 17.6 Å². The zero-order chi connectivity index (χ0) is 21.7. The van der Waals surface area contributed by atoms with Crippen LogP contribution in [0.1, 0.15) is 12.8 Å². The first-order chi connectivity index (χ1) is 14.4. The smallest absolute Gasteiger partial charge is 0.0926 e. The second kappa shape index (κ2) is 12.2. The third kappa shape index (κ3) is 6.35. The van der Waals surface area contributed by atoms with E-state index in [2.05, 4.69) is 48.5 Å². The monoisotopic (exact) mass is 556 g/mol. The fourth-order valence-corrected chi connectivity index (χ4v) is 15.3. The molecule has 0 spiro atoms. The molecule has 2 aliphatic heterocycles. The lowest BCUT2D eigenvalue weighted by molar-refractivity contribution is 0.728. The van der Waals surface area contributed by atoms with E-state index in [1.165, 1.54) is 10.4 Å². The van der Waals surface area contributed by atoms with Crippen molar-refractivity contribution >= 4 is 97.6 Å². The van der Waals surface area contributed by atoms with E-state index >= 15 is 0 Å². The molecular formula is C22H26Cl6Si2. The summed E-state index contributed by atoms with van der Waals surface area (Å²) < 4.78 is 0. The van der Waals surface area contributed by atoms with Gasteiger partial charge in [-0.15, -0.1) is 69.6 Å². The largest absolute Gasteiger partial charge is 0.125 e. The molecule has 0 aromatic heterocycles. The van der Waals surface area contributed by atoms with Crippen LogP contribution in [-0.4, -0.2) is 49.1 Å². The molecule has 0 aliphatic carbocycles. The average molecular weight is 559 g/mol. The van der Waals surface area contributed by atoms with Crippen molar-refractivity contribution < 1.29 is 0 Å². The number of benzene rings is 2. The molecule has 2 fully saturated rings. The van der Waals surface area contributed by atoms with E-state index in [0.29, 0.717) is 0 Å². The average Bonchev–Trinajstić information content (AvgIpc) is 2.78. The van der Waals surface area contributed by atoms with Crippen molar-refractivity contribution in [3.8, 4) is 0 Å². The topological polar surface area (TPSA) is 0 Å². The van der Waals surface area contributed by atoms with Gasteiger partial charge in [0.1, 0.15) is 0 Å². The molecule has 2 saturated heterocycles. The Morgan fingerprint density at radius 3 is 1.20 bits per heavy atom. The first kappa shape index (κ1) is 25.2. The Morgan fingerprint density at radius 2 is 0.867 bits per heavy atom. The van der Waals surface area contributed by atoms with E-state index in [0.717, 1.165) is 24.9 Å². The van der Waals surface area contributed by atoms with Crippen LogP contribution in [0.4, 0.5) is 0 Å². The summed E-state index contributed by atoms with van der Waals surface area (Å²) >= 11 is 37.5. The third-order valence-corrected chi connectivity index (χ3v) is 18.3. The maximum absolute atomic E-state index is 6.41. The zero-order valence-electron chi connectivity index (χ0n) is 16.5. The summed E-state index contributed by atoms with van der Waals surface area (Å²) in [6, 6.07) is 23.4. The van der Waals surface area contributed by atoms with Crippen molar-refractivity contribution in [2.24, 2.45) is 0 Å². The Bertz CT molecular complexity index is 699. The highest BCUT2D eigenvalue weighted by Gasteiger charge is 2.38. The minimum absolute atomic E-state index is 0.0432. The zero-order valence-corrected chi connectivity index (χ0v) is 23.3. The molecule has 8 heteroatoms. The maximum Gasteiger partial charge on any atom is 0.0926 e. The van der Waals surface area contributed by atoms with E-state index in [-0.39, 0.29) is 31.5 Å². The third-order valence-electron chi connectivity index (χ3n) is 6.03. The van der Waals surface area contributed by atoms with Crippen LogP contribution < -0.4 is 10.4 Å². The number of halogens is 6. The summed E-state index contributed by atoms with van der Waals surface area (Å²) in [7, 11) is -2.25. The van der Waals surface area contributed by atoms with E-state index in [9.17, 15) is 0 Å². The molecule has 0 saturated carbocycles. The maximum atomic E-state index is 6.41. The van der Waals surface area contributed by atoms with Crippen LogP contribution in [-0.2, 0) is 0 Å². The number of hydrogen-bond acceptors (Lipinski definition) is 0. The van der Waals surface area contributed by atoms with Gasteiger partial charge >= 0.3 is 0 Å². The van der Waals surface area contributed by atoms with Gasteiger partial charge in [0, 0.05) is 10.0 Å². The van der Waals surface area contributed by atoms with Crippen molar-refractivity contribution in [1.29, 1.82) is 0 Å². The van der Waals surface area contributed by atoms with Crippen LogP contribution in [0.3, 0.4) is 0 Å². The highest BCUT2D eigenvalue weighted by Crippen LogP contribution is 2.32. The summed E-state index contributed by atoms with van der Waals surface area (Å²) in [6.45, 7) is 0. The van der Waals surface area contributed by atoms with Gasteiger partial charge < -0.3 is 0 Å². The summed E-state index contributed by atoms with van der Waals surface area (Å²) in [6.07, 6.45) is 2.01. The van der Waals surface area contributed by atoms with Crippen molar-refractivity contribution in [3.05, 3.63) is 60.7 Å². The minimum atomic E-state index is -1.13. The van der Waals surface area contributed by atoms with Gasteiger partial charge in [-0.1, -0.05) is 83.1 Å². The van der Waals surface area contributed by atoms with Crippen molar-refractivity contribution in [3.63, 3.8) is 0 Å². The Balaban J connectivity index is 0.000000171. The molecule has 0 bridgehead atoms. The highest BCUT2D eigenvalue weighted by molar-refractivity contribution is 6.83. The minimum Gasteiger partial charge on any atom is -0.125 e. The predicted molar refractivity (Wildman–Crippen MR) is 143 cm³/mol. The summed E-state index contributed by atoms with van der Waals surface area (Å²) in [5, 5.41) is 2.91. The number of hydrogen-bond donors (Lipinski definition) is 0. The second-order valence-corrected chi connectivity index (χ2v) is 18.3. The van der Waals surface area contributed by atoms with Crippen LogP contribution in [0, 0.1) is 0 Å². The molecule has 2 aliphatic rings. The van der Waals surface area contributed by atoms with Gasteiger partial charge in [-0.3, -0.25) is 0 Å². The van der Waals surface area contributed by atoms with Gasteiger partial charge in [-0.25, -0.2) is 0 Å². The molecule has 164 valence electrons. The molecule has 8 atom stereocenters. The SMILES string of the molecule is ClC1CC[SiH](c2ccccc2)C(Cl)C1Cl.ClC1CC[SiH](c2ccccc2)C(Cl)C1Cl. The lowest BCUT2D eigenvalue weighted by atomic mass is 10.2. The molecule has 4 rings (SSSR count). The van der Waals surface area contributed by atoms with Crippen LogP contribution in [0.15, 0.2) is 60.7 Å². The van der Waals surface area contributed by atoms with E-state index in [1.807, 2.05) is 12.1 Å². The molecule has 0 N–H and O–H groups in total. The van der Waals surface area contributed by atoms with Gasteiger partial charge in [-0.2, -0.15) is 0 Å². The second-order valence-electron chi connectivity index (χ2n) is 8.00. The van der Waals surface area contributed by atoms with Gasteiger partial charge in [0.2, 0.25) is 0 Å². The number of rotatable bonds is 2. The first-order valence-corrected chi connectivity index (χ1v) is 17.1. The molecule has 8 unspecified atom stereocenters. The number of alkyl halides is 6. The van der Waals surface area contributed by atoms with Crippen molar-refractivity contribution in [2.45, 2.75) is 56.4 Å². The fourth-order valence-electron chi connectivity index (χ4n) is 4.26. The fraction of sp³-hybridized carbons (Fsp3) is 0.455. The molecule has 2 heterocycles. The Morgan fingerprint density at radius 1 is 0.533 bits per heavy atom. The van der Waals surface area contributed by atoms with Crippen LogP contribution in [0.5, 0.6) is 0 Å². The predicted octanol–water partition coefficient (Wildman–Crippen LogP) is 5.77. The first-order valence-electron chi connectivity index (χ1n) is 10.3. The lowest BCUT2D eigenvalue weighted by Crippen LogP contribution is -2.50. The quantitative estimate of drug-likeness (QED) is 0.324. The van der Waals surface area contributed by atoms with Gasteiger partial charge in [0.25, 0.3) is 0 Å². The normalized spacial score (nSPS) is 36.5. The Hall–Kier alpha value is 0.614. The molecule has 2 aromatic carbocycles. The van der Waals surface area contributed by atoms with Crippen LogP contribution >= 0.6 is 69.6 Å². The van der Waals surface area contributed by atoms with Gasteiger partial charge in [-0.05, 0) is 12.8 Å². The van der Waals surface area contributed by atoms with Crippen molar-refractivity contribution in [1.82, 2.24) is 0 Å².